The lowest BCUT2D eigenvalue weighted by molar-refractivity contribution is -0.161. The van der Waals surface area contributed by atoms with Gasteiger partial charge < -0.3 is 20.1 Å². The molecule has 102 valence electrons. The summed E-state index contributed by atoms with van der Waals surface area (Å²) in [7, 11) is 0. The van der Waals surface area contributed by atoms with E-state index in [1.807, 2.05) is 0 Å². The van der Waals surface area contributed by atoms with E-state index >= 15 is 0 Å². The lowest BCUT2D eigenvalue weighted by atomic mass is 10.2. The molecule has 0 bridgehead atoms. The topological polar surface area (TPSA) is 59.6 Å². The summed E-state index contributed by atoms with van der Waals surface area (Å²) in [6.07, 6.45) is 6.43. The van der Waals surface area contributed by atoms with Crippen LogP contribution >= 0.6 is 0 Å². The fraction of sp³-hybridized carbons (Fsp3) is 0.923. The minimum Gasteiger partial charge on any atom is -0.352 e. The van der Waals surface area contributed by atoms with Crippen LogP contribution in [-0.4, -0.2) is 43.5 Å². The molecule has 2 N–H and O–H groups in total. The Morgan fingerprint density at radius 3 is 2.89 bits per heavy atom. The van der Waals surface area contributed by atoms with E-state index < -0.39 is 0 Å². The fourth-order valence-corrected chi connectivity index (χ4v) is 3.14. The van der Waals surface area contributed by atoms with Gasteiger partial charge in [-0.05, 0) is 32.2 Å². The maximum atomic E-state index is 11.8. The molecule has 0 aromatic heterocycles. The first-order valence-electron chi connectivity index (χ1n) is 7.10. The number of nitrogens with one attached hydrogen (secondary N) is 2. The molecule has 0 aromatic rings. The van der Waals surface area contributed by atoms with Crippen molar-refractivity contribution in [1.29, 1.82) is 0 Å². The Kier molecular flexibility index (Phi) is 3.54. The molecule has 2 heterocycles. The van der Waals surface area contributed by atoms with Gasteiger partial charge in [0.05, 0.1) is 12.6 Å². The second-order valence-corrected chi connectivity index (χ2v) is 5.56. The third-order valence-corrected chi connectivity index (χ3v) is 4.16. The van der Waals surface area contributed by atoms with Gasteiger partial charge in [0.2, 0.25) is 5.91 Å². The molecule has 2 atom stereocenters. The number of carbonyl (C=O) groups is 1. The average molecular weight is 254 g/mol. The van der Waals surface area contributed by atoms with Gasteiger partial charge >= 0.3 is 0 Å². The monoisotopic (exact) mass is 254 g/mol. The highest BCUT2D eigenvalue weighted by Crippen LogP contribution is 2.38. The third kappa shape index (κ3) is 2.53. The minimum absolute atomic E-state index is 0.00670. The van der Waals surface area contributed by atoms with E-state index in [0.717, 1.165) is 32.2 Å². The molecular formula is C13H22N2O3. The van der Waals surface area contributed by atoms with Crippen molar-refractivity contribution in [2.24, 2.45) is 0 Å². The Morgan fingerprint density at radius 2 is 2.17 bits per heavy atom. The smallest absolute Gasteiger partial charge is 0.237 e. The number of ether oxygens (including phenoxy) is 2. The molecule has 2 aliphatic heterocycles. The van der Waals surface area contributed by atoms with E-state index in [-0.39, 0.29) is 23.8 Å². The van der Waals surface area contributed by atoms with E-state index in [1.54, 1.807) is 0 Å². The normalized spacial score (nSPS) is 34.2. The third-order valence-electron chi connectivity index (χ3n) is 4.16. The SMILES string of the molecule is O=C(NCC1COC2(CCCC2)O1)C1CCCN1. The van der Waals surface area contributed by atoms with Crippen molar-refractivity contribution in [3.05, 3.63) is 0 Å². The van der Waals surface area contributed by atoms with Crippen LogP contribution in [-0.2, 0) is 14.3 Å². The number of hydrogen-bond acceptors (Lipinski definition) is 4. The van der Waals surface area contributed by atoms with Crippen LogP contribution in [0.15, 0.2) is 0 Å². The van der Waals surface area contributed by atoms with Crippen molar-refractivity contribution in [3.63, 3.8) is 0 Å². The lowest BCUT2D eigenvalue weighted by Gasteiger charge is -2.22. The summed E-state index contributed by atoms with van der Waals surface area (Å²) < 4.78 is 11.7. The summed E-state index contributed by atoms with van der Waals surface area (Å²) >= 11 is 0. The number of rotatable bonds is 3. The fourth-order valence-electron chi connectivity index (χ4n) is 3.14. The molecule has 3 rings (SSSR count). The van der Waals surface area contributed by atoms with Gasteiger partial charge in [-0.1, -0.05) is 0 Å². The maximum absolute atomic E-state index is 11.8. The molecule has 1 spiro atoms. The van der Waals surface area contributed by atoms with Crippen LogP contribution in [0.5, 0.6) is 0 Å². The van der Waals surface area contributed by atoms with Gasteiger partial charge in [0.1, 0.15) is 6.10 Å². The van der Waals surface area contributed by atoms with Crippen molar-refractivity contribution in [2.75, 3.05) is 19.7 Å². The molecule has 1 amide bonds. The number of hydrogen-bond donors (Lipinski definition) is 2. The van der Waals surface area contributed by atoms with Crippen LogP contribution in [0.4, 0.5) is 0 Å². The highest BCUT2D eigenvalue weighted by Gasteiger charge is 2.43. The Hall–Kier alpha value is -0.650. The summed E-state index contributed by atoms with van der Waals surface area (Å²) in [4.78, 5) is 11.8. The molecule has 1 saturated carbocycles. The molecule has 0 radical (unpaired) electrons. The summed E-state index contributed by atoms with van der Waals surface area (Å²) in [6, 6.07) is -0.00670. The van der Waals surface area contributed by atoms with Gasteiger partial charge in [-0.3, -0.25) is 4.79 Å². The summed E-state index contributed by atoms with van der Waals surface area (Å²) in [5.74, 6) is -0.218. The lowest BCUT2D eigenvalue weighted by Crippen LogP contribution is -2.44. The molecule has 0 aromatic carbocycles. The first-order chi connectivity index (χ1) is 8.77. The summed E-state index contributed by atoms with van der Waals surface area (Å²) in [5, 5.41) is 6.16. The van der Waals surface area contributed by atoms with Gasteiger partial charge in [0, 0.05) is 19.4 Å². The standard InChI is InChI=1S/C13H22N2O3/c16-12(11-4-3-7-14-11)15-8-10-9-17-13(18-10)5-1-2-6-13/h10-11,14H,1-9H2,(H,15,16). The molecule has 1 aliphatic carbocycles. The highest BCUT2D eigenvalue weighted by molar-refractivity contribution is 5.82. The van der Waals surface area contributed by atoms with Gasteiger partial charge in [0.25, 0.3) is 0 Å². The van der Waals surface area contributed by atoms with Crippen LogP contribution in [0.2, 0.25) is 0 Å². The van der Waals surface area contributed by atoms with Gasteiger partial charge in [-0.2, -0.15) is 0 Å². The molecule has 2 saturated heterocycles. The zero-order valence-electron chi connectivity index (χ0n) is 10.7. The Labute approximate surface area is 108 Å². The quantitative estimate of drug-likeness (QED) is 0.772. The van der Waals surface area contributed by atoms with Gasteiger partial charge in [-0.15, -0.1) is 0 Å². The summed E-state index contributed by atoms with van der Waals surface area (Å²) in [5.41, 5.74) is 0. The zero-order chi connectivity index (χ0) is 12.4. The molecular weight excluding hydrogens is 232 g/mol. The molecule has 5 heteroatoms. The van der Waals surface area contributed by atoms with Crippen molar-refractivity contribution < 1.29 is 14.3 Å². The van der Waals surface area contributed by atoms with Crippen molar-refractivity contribution in [1.82, 2.24) is 10.6 Å². The van der Waals surface area contributed by atoms with Crippen LogP contribution in [0, 0.1) is 0 Å². The largest absolute Gasteiger partial charge is 0.352 e. The highest BCUT2D eigenvalue weighted by atomic mass is 16.7. The molecule has 18 heavy (non-hydrogen) atoms. The van der Waals surface area contributed by atoms with E-state index in [4.69, 9.17) is 9.47 Å². The van der Waals surface area contributed by atoms with Crippen molar-refractivity contribution in [3.8, 4) is 0 Å². The molecule has 2 unspecified atom stereocenters. The van der Waals surface area contributed by atoms with Crippen LogP contribution in [0.25, 0.3) is 0 Å². The first-order valence-corrected chi connectivity index (χ1v) is 7.10. The van der Waals surface area contributed by atoms with E-state index in [0.29, 0.717) is 13.2 Å². The van der Waals surface area contributed by atoms with Crippen molar-refractivity contribution >= 4 is 5.91 Å². The Morgan fingerprint density at radius 1 is 1.33 bits per heavy atom. The van der Waals surface area contributed by atoms with Gasteiger partial charge in [-0.25, -0.2) is 0 Å². The zero-order valence-corrected chi connectivity index (χ0v) is 10.7. The summed E-state index contributed by atoms with van der Waals surface area (Å²) in [6.45, 7) is 2.13. The van der Waals surface area contributed by atoms with E-state index in [1.165, 1.54) is 12.8 Å². The Balaban J connectivity index is 1.42. The van der Waals surface area contributed by atoms with Crippen LogP contribution < -0.4 is 10.6 Å². The predicted octanol–water partition coefficient (Wildman–Crippen LogP) is 0.540. The number of amides is 1. The maximum Gasteiger partial charge on any atom is 0.237 e. The van der Waals surface area contributed by atoms with Gasteiger partial charge in [0.15, 0.2) is 5.79 Å². The molecule has 5 nitrogen and oxygen atoms in total. The predicted molar refractivity (Wildman–Crippen MR) is 66.1 cm³/mol. The van der Waals surface area contributed by atoms with E-state index in [2.05, 4.69) is 10.6 Å². The average Bonchev–Trinajstić information content (AvgIpc) is 3.09. The van der Waals surface area contributed by atoms with Crippen molar-refractivity contribution in [2.45, 2.75) is 56.5 Å². The van der Waals surface area contributed by atoms with E-state index in [9.17, 15) is 4.79 Å². The first kappa shape index (κ1) is 12.4. The second kappa shape index (κ2) is 5.15. The van der Waals surface area contributed by atoms with Crippen LogP contribution in [0.3, 0.4) is 0 Å². The Bertz CT molecular complexity index is 309. The second-order valence-electron chi connectivity index (χ2n) is 5.56. The number of carbonyl (C=O) groups excluding carboxylic acids is 1. The minimum atomic E-state index is -0.318. The van der Waals surface area contributed by atoms with Crippen LogP contribution in [0.1, 0.15) is 38.5 Å². The molecule has 3 aliphatic rings. The molecule has 3 fully saturated rings.